The number of fused-ring (bicyclic) bond motifs is 3. The van der Waals surface area contributed by atoms with Crippen LogP contribution in [0.2, 0.25) is 0 Å². The van der Waals surface area contributed by atoms with E-state index in [2.05, 4.69) is 13.8 Å². The van der Waals surface area contributed by atoms with Crippen LogP contribution in [0.5, 0.6) is 0 Å². The smallest absolute Gasteiger partial charge is 0.0809 e. The van der Waals surface area contributed by atoms with Gasteiger partial charge in [0.2, 0.25) is 0 Å². The van der Waals surface area contributed by atoms with E-state index in [0.717, 1.165) is 11.8 Å². The van der Waals surface area contributed by atoms with Crippen molar-refractivity contribution in [1.82, 2.24) is 0 Å². The molecule has 3 aliphatic rings. The number of rotatable bonds is 2. The van der Waals surface area contributed by atoms with Gasteiger partial charge in [0.15, 0.2) is 0 Å². The number of quaternary nitrogens is 1. The van der Waals surface area contributed by atoms with Crippen LogP contribution in [0.15, 0.2) is 0 Å². The molecule has 0 atom stereocenters. The molecule has 1 heteroatoms. The molecule has 3 saturated heterocycles. The number of nitrogens with zero attached hydrogens (tertiary/aromatic N) is 1. The first-order chi connectivity index (χ1) is 5.70. The molecule has 0 radical (unpaired) electrons. The molecule has 1 nitrogen and oxygen atoms in total. The van der Waals surface area contributed by atoms with Crippen molar-refractivity contribution >= 4 is 0 Å². The largest absolute Gasteiger partial charge is 0.323 e. The molecule has 0 aliphatic carbocycles. The summed E-state index contributed by atoms with van der Waals surface area (Å²) in [6, 6.07) is 0. The van der Waals surface area contributed by atoms with Gasteiger partial charge in [0.25, 0.3) is 0 Å². The summed E-state index contributed by atoms with van der Waals surface area (Å²) in [6.45, 7) is 10.6. The molecule has 3 heterocycles. The normalized spacial score (nSPS) is 40.8. The predicted molar refractivity (Wildman–Crippen MR) is 51.9 cm³/mol. The minimum atomic E-state index is 0.889. The molecule has 0 amide bonds. The summed E-state index contributed by atoms with van der Waals surface area (Å²) in [5, 5.41) is 0. The topological polar surface area (TPSA) is 0 Å². The van der Waals surface area contributed by atoms with Crippen molar-refractivity contribution in [2.24, 2.45) is 11.8 Å². The summed E-state index contributed by atoms with van der Waals surface area (Å²) in [5.41, 5.74) is 0. The van der Waals surface area contributed by atoms with Crippen LogP contribution in [0.3, 0.4) is 0 Å². The third-order valence-electron chi connectivity index (χ3n) is 3.79. The predicted octanol–water partition coefficient (Wildman–Crippen LogP) is 2.27. The van der Waals surface area contributed by atoms with Gasteiger partial charge < -0.3 is 4.48 Å². The molecular formula is C11H22N+. The Hall–Kier alpha value is -0.0400. The van der Waals surface area contributed by atoms with E-state index in [1.807, 2.05) is 0 Å². The fourth-order valence-corrected chi connectivity index (χ4v) is 3.19. The van der Waals surface area contributed by atoms with Gasteiger partial charge in [0, 0.05) is 5.92 Å². The van der Waals surface area contributed by atoms with E-state index in [1.54, 1.807) is 0 Å². The molecule has 12 heavy (non-hydrogen) atoms. The zero-order valence-corrected chi connectivity index (χ0v) is 8.55. The van der Waals surface area contributed by atoms with Gasteiger partial charge in [-0.2, -0.15) is 0 Å². The standard InChI is InChI=1S/C11H22N/c1-10(2)9-12-6-3-11(4-7-12)5-8-12/h10-11H,3-9H2,1-2H3/q+1. The van der Waals surface area contributed by atoms with Gasteiger partial charge in [0.1, 0.15) is 0 Å². The van der Waals surface area contributed by atoms with Crippen LogP contribution < -0.4 is 0 Å². The minimum absolute atomic E-state index is 0.889. The number of hydrogen-bond donors (Lipinski definition) is 0. The average molecular weight is 168 g/mol. The minimum Gasteiger partial charge on any atom is -0.323 e. The van der Waals surface area contributed by atoms with E-state index >= 15 is 0 Å². The van der Waals surface area contributed by atoms with Gasteiger partial charge in [0.05, 0.1) is 26.2 Å². The Labute approximate surface area is 76.3 Å². The van der Waals surface area contributed by atoms with Crippen LogP contribution in [0.1, 0.15) is 33.1 Å². The van der Waals surface area contributed by atoms with Crippen LogP contribution in [0.4, 0.5) is 0 Å². The fraction of sp³-hybridized carbons (Fsp3) is 1.00. The second kappa shape index (κ2) is 3.02. The highest BCUT2D eigenvalue weighted by Gasteiger charge is 2.39. The Morgan fingerprint density at radius 2 is 1.58 bits per heavy atom. The van der Waals surface area contributed by atoms with E-state index in [1.165, 1.54) is 49.9 Å². The molecule has 3 fully saturated rings. The molecule has 3 aliphatic heterocycles. The van der Waals surface area contributed by atoms with Crippen molar-refractivity contribution in [1.29, 1.82) is 0 Å². The first-order valence-corrected chi connectivity index (χ1v) is 5.55. The monoisotopic (exact) mass is 168 g/mol. The van der Waals surface area contributed by atoms with Gasteiger partial charge in [-0.1, -0.05) is 13.8 Å². The van der Waals surface area contributed by atoms with Gasteiger partial charge in [-0.05, 0) is 25.2 Å². The summed E-state index contributed by atoms with van der Waals surface area (Å²) in [7, 11) is 0. The first-order valence-electron chi connectivity index (χ1n) is 5.55. The Kier molecular flexibility index (Phi) is 2.16. The highest BCUT2D eigenvalue weighted by molar-refractivity contribution is 4.71. The Morgan fingerprint density at radius 3 is 2.00 bits per heavy atom. The zero-order chi connectivity index (χ0) is 8.60. The van der Waals surface area contributed by atoms with Crippen LogP contribution >= 0.6 is 0 Å². The number of hydrogen-bond acceptors (Lipinski definition) is 0. The Bertz CT molecular complexity index is 141. The third-order valence-corrected chi connectivity index (χ3v) is 3.79. The fourth-order valence-electron chi connectivity index (χ4n) is 3.19. The lowest BCUT2D eigenvalue weighted by molar-refractivity contribution is -0.945. The second-order valence-corrected chi connectivity index (χ2v) is 5.32. The molecule has 70 valence electrons. The van der Waals surface area contributed by atoms with Gasteiger partial charge in [-0.3, -0.25) is 0 Å². The molecule has 0 N–H and O–H groups in total. The molecule has 0 unspecified atom stereocenters. The lowest BCUT2D eigenvalue weighted by Gasteiger charge is -2.50. The second-order valence-electron chi connectivity index (χ2n) is 5.32. The van der Waals surface area contributed by atoms with Crippen molar-refractivity contribution in [3.63, 3.8) is 0 Å². The average Bonchev–Trinajstić information content (AvgIpc) is 2.05. The highest BCUT2D eigenvalue weighted by Crippen LogP contribution is 2.34. The van der Waals surface area contributed by atoms with Crippen LogP contribution in [-0.4, -0.2) is 30.7 Å². The highest BCUT2D eigenvalue weighted by atomic mass is 15.4. The van der Waals surface area contributed by atoms with Gasteiger partial charge >= 0.3 is 0 Å². The maximum Gasteiger partial charge on any atom is 0.0809 e. The van der Waals surface area contributed by atoms with E-state index < -0.39 is 0 Å². The molecule has 0 aromatic rings. The van der Waals surface area contributed by atoms with Gasteiger partial charge in [-0.25, -0.2) is 0 Å². The first kappa shape index (κ1) is 8.55. The van der Waals surface area contributed by atoms with E-state index in [-0.39, 0.29) is 0 Å². The van der Waals surface area contributed by atoms with Crippen molar-refractivity contribution < 1.29 is 4.48 Å². The Balaban J connectivity index is 1.99. The zero-order valence-electron chi connectivity index (χ0n) is 8.55. The van der Waals surface area contributed by atoms with Gasteiger partial charge in [-0.15, -0.1) is 0 Å². The Morgan fingerprint density at radius 1 is 1.08 bits per heavy atom. The molecule has 2 bridgehead atoms. The lowest BCUT2D eigenvalue weighted by Crippen LogP contribution is -2.59. The van der Waals surface area contributed by atoms with E-state index in [9.17, 15) is 0 Å². The summed E-state index contributed by atoms with van der Waals surface area (Å²) < 4.78 is 1.47. The van der Waals surface area contributed by atoms with Crippen LogP contribution in [0, 0.1) is 11.8 Å². The molecule has 0 aromatic heterocycles. The molecule has 0 spiro atoms. The van der Waals surface area contributed by atoms with Crippen molar-refractivity contribution in [3.05, 3.63) is 0 Å². The quantitative estimate of drug-likeness (QED) is 0.555. The van der Waals surface area contributed by atoms with Crippen molar-refractivity contribution in [2.75, 3.05) is 26.2 Å². The van der Waals surface area contributed by atoms with Crippen LogP contribution in [-0.2, 0) is 0 Å². The SMILES string of the molecule is CC(C)C[N+]12CCC(CC1)CC2. The summed E-state index contributed by atoms with van der Waals surface area (Å²) in [6.07, 6.45) is 4.56. The summed E-state index contributed by atoms with van der Waals surface area (Å²) in [4.78, 5) is 0. The van der Waals surface area contributed by atoms with Crippen molar-refractivity contribution in [2.45, 2.75) is 33.1 Å². The van der Waals surface area contributed by atoms with Crippen LogP contribution in [0.25, 0.3) is 0 Å². The molecule has 3 rings (SSSR count). The lowest BCUT2D eigenvalue weighted by atomic mass is 9.85. The molecule has 0 aromatic carbocycles. The summed E-state index contributed by atoms with van der Waals surface area (Å²) in [5.74, 6) is 2.00. The third kappa shape index (κ3) is 1.52. The molecular weight excluding hydrogens is 146 g/mol. The van der Waals surface area contributed by atoms with Crippen molar-refractivity contribution in [3.8, 4) is 0 Å². The van der Waals surface area contributed by atoms with E-state index in [4.69, 9.17) is 0 Å². The maximum absolute atomic E-state index is 2.37. The number of piperidine rings is 3. The van der Waals surface area contributed by atoms with E-state index in [0.29, 0.717) is 0 Å². The maximum atomic E-state index is 2.37. The summed E-state index contributed by atoms with van der Waals surface area (Å²) >= 11 is 0. The molecule has 0 saturated carbocycles.